The monoisotopic (exact) mass is 221 g/mol. The number of esters is 1. The van der Waals surface area contributed by atoms with Crippen LogP contribution in [0, 0.1) is 5.92 Å². The number of carbonyl (C=O) groups is 1. The van der Waals surface area contributed by atoms with Crippen molar-refractivity contribution in [1.29, 1.82) is 0 Å². The summed E-state index contributed by atoms with van der Waals surface area (Å²) in [4.78, 5) is 14.0. The minimum Gasteiger partial charge on any atom is -0.455 e. The molecule has 3 nitrogen and oxygen atoms in total. The fraction of sp³-hybridized carbons (Fsp3) is 0.769. The highest BCUT2D eigenvalue weighted by Crippen LogP contribution is 2.48. The first-order valence-electron chi connectivity index (χ1n) is 6.19. The zero-order valence-electron chi connectivity index (χ0n) is 10.0. The van der Waals surface area contributed by atoms with E-state index < -0.39 is 0 Å². The first-order chi connectivity index (χ1) is 7.59. The van der Waals surface area contributed by atoms with Crippen molar-refractivity contribution in [2.24, 2.45) is 5.92 Å². The third-order valence-electron chi connectivity index (χ3n) is 4.55. The summed E-state index contributed by atoms with van der Waals surface area (Å²) in [6, 6.07) is 0.615. The molecule has 3 fully saturated rings. The van der Waals surface area contributed by atoms with E-state index in [1.54, 1.807) is 6.08 Å². The molecule has 1 saturated carbocycles. The van der Waals surface area contributed by atoms with Gasteiger partial charge in [0.25, 0.3) is 0 Å². The van der Waals surface area contributed by atoms with Gasteiger partial charge in [0.2, 0.25) is 0 Å². The Balaban J connectivity index is 1.90. The fourth-order valence-electron chi connectivity index (χ4n) is 3.79. The zero-order chi connectivity index (χ0) is 11.3. The van der Waals surface area contributed by atoms with Crippen LogP contribution in [0.15, 0.2) is 11.6 Å². The lowest BCUT2D eigenvalue weighted by Crippen LogP contribution is -2.61. The predicted molar refractivity (Wildman–Crippen MR) is 61.0 cm³/mol. The number of hydrogen-bond acceptors (Lipinski definition) is 3. The summed E-state index contributed by atoms with van der Waals surface area (Å²) < 4.78 is 5.73. The largest absolute Gasteiger partial charge is 0.455 e. The first kappa shape index (κ1) is 10.3. The molecular formula is C13H19NO2. The Kier molecular flexibility index (Phi) is 2.15. The molecule has 4 aliphatic rings. The Morgan fingerprint density at radius 2 is 2.31 bits per heavy atom. The molecule has 0 amide bonds. The molecule has 2 saturated heterocycles. The predicted octanol–water partition coefficient (Wildman–Crippen LogP) is 1.73. The van der Waals surface area contributed by atoms with Crippen molar-refractivity contribution in [3.63, 3.8) is 0 Å². The van der Waals surface area contributed by atoms with Gasteiger partial charge in [-0.2, -0.15) is 0 Å². The number of carbonyl (C=O) groups excluding carboxylic acids is 1. The molecule has 0 unspecified atom stereocenters. The van der Waals surface area contributed by atoms with E-state index in [4.69, 9.17) is 4.74 Å². The molecule has 3 aliphatic heterocycles. The average molecular weight is 221 g/mol. The van der Waals surface area contributed by atoms with E-state index in [1.807, 2.05) is 6.92 Å². The van der Waals surface area contributed by atoms with Gasteiger partial charge in [0.05, 0.1) is 0 Å². The molecule has 0 aromatic rings. The quantitative estimate of drug-likeness (QED) is 0.583. The Hall–Kier alpha value is -0.830. The maximum Gasteiger partial charge on any atom is 0.331 e. The topological polar surface area (TPSA) is 29.5 Å². The molecule has 0 radical (unpaired) electrons. The summed E-state index contributed by atoms with van der Waals surface area (Å²) in [5.74, 6) is 0.411. The van der Waals surface area contributed by atoms with E-state index in [1.165, 1.54) is 18.4 Å². The fourth-order valence-corrected chi connectivity index (χ4v) is 3.79. The number of hydrogen-bond donors (Lipinski definition) is 0. The Morgan fingerprint density at radius 3 is 2.88 bits per heavy atom. The molecule has 3 heterocycles. The smallest absolute Gasteiger partial charge is 0.331 e. The molecular weight excluding hydrogens is 202 g/mol. The lowest BCUT2D eigenvalue weighted by Gasteiger charge is -2.55. The molecule has 16 heavy (non-hydrogen) atoms. The standard InChI is InChI=1S/C13H19NO2/c1-9-5-12(15)16-13(6-9)7-11-4-3-10(13)8-14(11)2/h5,10-11H,3-4,6-8H2,1-2H3/t10-,11-,13-/m1/s1. The molecule has 4 rings (SSSR count). The van der Waals surface area contributed by atoms with Crippen LogP contribution in [-0.2, 0) is 9.53 Å². The van der Waals surface area contributed by atoms with Crippen molar-refractivity contribution < 1.29 is 9.53 Å². The summed E-state index contributed by atoms with van der Waals surface area (Å²) in [6.45, 7) is 3.14. The molecule has 0 aromatic heterocycles. The molecule has 0 aromatic carbocycles. The third kappa shape index (κ3) is 1.41. The lowest BCUT2D eigenvalue weighted by molar-refractivity contribution is -0.183. The van der Waals surface area contributed by atoms with Gasteiger partial charge in [-0.1, -0.05) is 5.57 Å². The second-order valence-electron chi connectivity index (χ2n) is 5.73. The molecule has 3 atom stereocenters. The van der Waals surface area contributed by atoms with Gasteiger partial charge in [-0.15, -0.1) is 0 Å². The minimum absolute atomic E-state index is 0.126. The summed E-state index contributed by atoms with van der Waals surface area (Å²) in [7, 11) is 2.19. The molecule has 1 aliphatic carbocycles. The van der Waals surface area contributed by atoms with Crippen LogP contribution < -0.4 is 0 Å². The number of nitrogens with zero attached hydrogens (tertiary/aromatic N) is 1. The maximum absolute atomic E-state index is 11.6. The zero-order valence-corrected chi connectivity index (χ0v) is 10.0. The Labute approximate surface area is 96.4 Å². The summed E-state index contributed by atoms with van der Waals surface area (Å²) >= 11 is 0. The third-order valence-corrected chi connectivity index (χ3v) is 4.55. The maximum atomic E-state index is 11.6. The second-order valence-corrected chi connectivity index (χ2v) is 5.73. The van der Waals surface area contributed by atoms with Crippen LogP contribution in [0.4, 0.5) is 0 Å². The Morgan fingerprint density at radius 1 is 1.50 bits per heavy atom. The Bertz CT molecular complexity index is 363. The average Bonchev–Trinajstić information content (AvgIpc) is 2.18. The van der Waals surface area contributed by atoms with Crippen molar-refractivity contribution in [2.45, 2.75) is 44.2 Å². The van der Waals surface area contributed by atoms with Gasteiger partial charge in [0.15, 0.2) is 0 Å². The van der Waals surface area contributed by atoms with Gasteiger partial charge in [0, 0.05) is 37.4 Å². The second kappa shape index (κ2) is 3.33. The van der Waals surface area contributed by atoms with Crippen LogP contribution in [0.25, 0.3) is 0 Å². The minimum atomic E-state index is -0.161. The van der Waals surface area contributed by atoms with E-state index in [9.17, 15) is 4.79 Å². The lowest BCUT2D eigenvalue weighted by atomic mass is 9.66. The highest BCUT2D eigenvalue weighted by molar-refractivity contribution is 5.84. The van der Waals surface area contributed by atoms with Crippen molar-refractivity contribution >= 4 is 5.97 Å². The molecule has 88 valence electrons. The van der Waals surface area contributed by atoms with Crippen LogP contribution in [0.2, 0.25) is 0 Å². The van der Waals surface area contributed by atoms with Crippen LogP contribution in [0.1, 0.15) is 32.6 Å². The van der Waals surface area contributed by atoms with Gasteiger partial charge >= 0.3 is 5.97 Å². The number of ether oxygens (including phenoxy) is 1. The van der Waals surface area contributed by atoms with Crippen molar-refractivity contribution in [3.05, 3.63) is 11.6 Å². The van der Waals surface area contributed by atoms with Gasteiger partial charge in [0.1, 0.15) is 5.60 Å². The van der Waals surface area contributed by atoms with Crippen LogP contribution in [-0.4, -0.2) is 36.1 Å². The summed E-state index contributed by atoms with van der Waals surface area (Å²) in [6.07, 6.45) is 6.12. The van der Waals surface area contributed by atoms with Crippen LogP contribution >= 0.6 is 0 Å². The molecule has 0 N–H and O–H groups in total. The van der Waals surface area contributed by atoms with Crippen molar-refractivity contribution in [2.75, 3.05) is 13.6 Å². The normalized spacial score (nSPS) is 43.4. The number of piperidine rings is 2. The van der Waals surface area contributed by atoms with E-state index >= 15 is 0 Å². The van der Waals surface area contributed by atoms with Gasteiger partial charge in [-0.05, 0) is 26.8 Å². The van der Waals surface area contributed by atoms with E-state index in [0.717, 1.165) is 19.4 Å². The molecule has 3 heteroatoms. The highest BCUT2D eigenvalue weighted by atomic mass is 16.6. The van der Waals surface area contributed by atoms with Gasteiger partial charge in [-0.25, -0.2) is 4.79 Å². The van der Waals surface area contributed by atoms with Gasteiger partial charge in [-0.3, -0.25) is 0 Å². The van der Waals surface area contributed by atoms with Crippen molar-refractivity contribution in [3.8, 4) is 0 Å². The molecule has 2 bridgehead atoms. The highest BCUT2D eigenvalue weighted by Gasteiger charge is 2.53. The van der Waals surface area contributed by atoms with E-state index in [2.05, 4.69) is 11.9 Å². The van der Waals surface area contributed by atoms with Gasteiger partial charge < -0.3 is 9.64 Å². The summed E-state index contributed by atoms with van der Waals surface area (Å²) in [5.41, 5.74) is 1.03. The number of fused-ring (bicyclic) bond motifs is 2. The SMILES string of the molecule is CC1=CC(=O)O[C@]2(C1)C[C@H]1CC[C@@H]2CN1C. The summed E-state index contributed by atoms with van der Waals surface area (Å²) in [5, 5.41) is 0. The van der Waals surface area contributed by atoms with Crippen LogP contribution in [0.5, 0.6) is 0 Å². The van der Waals surface area contributed by atoms with Crippen molar-refractivity contribution in [1.82, 2.24) is 4.90 Å². The molecule has 1 spiro atoms. The van der Waals surface area contributed by atoms with E-state index in [-0.39, 0.29) is 11.6 Å². The van der Waals surface area contributed by atoms with E-state index in [0.29, 0.717) is 12.0 Å². The van der Waals surface area contributed by atoms with Crippen LogP contribution in [0.3, 0.4) is 0 Å². The first-order valence-corrected chi connectivity index (χ1v) is 6.19. The number of rotatable bonds is 0.